The Bertz CT molecular complexity index is 1060. The molecule has 1 atom stereocenters. The van der Waals surface area contributed by atoms with Crippen LogP contribution in [0.3, 0.4) is 0 Å². The maximum atomic E-state index is 13.4. The fraction of sp³-hybridized carbons (Fsp3) is 0.286. The fourth-order valence-electron chi connectivity index (χ4n) is 3.28. The van der Waals surface area contributed by atoms with Crippen LogP contribution in [0.5, 0.6) is 5.75 Å². The molecule has 0 radical (unpaired) electrons. The first-order chi connectivity index (χ1) is 14.7. The predicted octanol–water partition coefficient (Wildman–Crippen LogP) is 3.41. The normalized spacial score (nSPS) is 17.3. The molecule has 2 aromatic carbocycles. The van der Waals surface area contributed by atoms with Crippen molar-refractivity contribution in [2.24, 2.45) is 0 Å². The van der Waals surface area contributed by atoms with Gasteiger partial charge in [0.25, 0.3) is 0 Å². The lowest BCUT2D eigenvalue weighted by Gasteiger charge is -2.32. The molecule has 1 unspecified atom stereocenters. The number of rotatable bonds is 7. The number of nitrogens with one attached hydrogen (secondary N) is 1. The summed E-state index contributed by atoms with van der Waals surface area (Å²) >= 11 is 0. The Morgan fingerprint density at radius 3 is 2.71 bits per heavy atom. The number of ether oxygens (including phenoxy) is 1. The average Bonchev–Trinajstić information content (AvgIpc) is 2.72. The zero-order valence-corrected chi connectivity index (χ0v) is 17.2. The Hall–Kier alpha value is -2.85. The molecule has 3 rings (SSSR count). The zero-order chi connectivity index (χ0) is 22.4. The number of carbonyl (C=O) groups is 1. The number of carbonyl (C=O) groups excluding carboxylic acids is 1. The maximum Gasteiger partial charge on any atom is 0.387 e. The third-order valence-electron chi connectivity index (χ3n) is 4.70. The lowest BCUT2D eigenvalue weighted by Crippen LogP contribution is -2.49. The molecular formula is C21H21F3N2O4S. The molecule has 2 aromatic rings. The van der Waals surface area contributed by atoms with E-state index >= 15 is 0 Å². The summed E-state index contributed by atoms with van der Waals surface area (Å²) in [4.78, 5) is 13.8. The largest absolute Gasteiger partial charge is 0.434 e. The minimum Gasteiger partial charge on any atom is -0.434 e. The van der Waals surface area contributed by atoms with Gasteiger partial charge in [0.1, 0.15) is 11.6 Å². The number of sulfonamides is 1. The van der Waals surface area contributed by atoms with Gasteiger partial charge in [-0.05, 0) is 43.2 Å². The molecule has 10 heteroatoms. The second-order valence-corrected chi connectivity index (χ2v) is 8.67. The monoisotopic (exact) mass is 454 g/mol. The van der Waals surface area contributed by atoms with Crippen molar-refractivity contribution in [2.45, 2.75) is 30.4 Å². The van der Waals surface area contributed by atoms with Crippen molar-refractivity contribution < 1.29 is 31.1 Å². The Kier molecular flexibility index (Phi) is 7.34. The summed E-state index contributed by atoms with van der Waals surface area (Å²) in [5.41, 5.74) is 0.316. The van der Waals surface area contributed by atoms with Gasteiger partial charge in [-0.15, -0.1) is 0 Å². The number of nitrogens with zero attached hydrogens (tertiary/aromatic N) is 1. The van der Waals surface area contributed by atoms with E-state index in [9.17, 15) is 26.4 Å². The second kappa shape index (κ2) is 9.97. The minimum absolute atomic E-state index is 0.0547. The van der Waals surface area contributed by atoms with Crippen molar-refractivity contribution in [3.8, 4) is 5.75 Å². The molecule has 1 fully saturated rings. The van der Waals surface area contributed by atoms with Gasteiger partial charge in [-0.25, -0.2) is 17.5 Å². The van der Waals surface area contributed by atoms with Crippen molar-refractivity contribution in [1.82, 2.24) is 9.62 Å². The van der Waals surface area contributed by atoms with E-state index in [1.54, 1.807) is 6.07 Å². The van der Waals surface area contributed by atoms with Crippen LogP contribution in [-0.4, -0.2) is 45.0 Å². The minimum atomic E-state index is -3.94. The Morgan fingerprint density at radius 1 is 1.19 bits per heavy atom. The van der Waals surface area contributed by atoms with Gasteiger partial charge in [0.15, 0.2) is 0 Å². The van der Waals surface area contributed by atoms with Crippen LogP contribution in [0.25, 0.3) is 6.08 Å². The summed E-state index contributed by atoms with van der Waals surface area (Å²) in [5, 5.41) is 0. The molecule has 0 aliphatic carbocycles. The highest BCUT2D eigenvalue weighted by molar-refractivity contribution is 7.89. The number of likely N-dealkylation sites (tertiary alicyclic amines) is 1. The lowest BCUT2D eigenvalue weighted by molar-refractivity contribution is -0.127. The molecule has 1 amide bonds. The van der Waals surface area contributed by atoms with Crippen LogP contribution >= 0.6 is 0 Å². The van der Waals surface area contributed by atoms with Crippen molar-refractivity contribution >= 4 is 22.0 Å². The first kappa shape index (κ1) is 22.8. The fourth-order valence-corrected chi connectivity index (χ4v) is 4.58. The molecule has 1 heterocycles. The number of hydrogen-bond donors (Lipinski definition) is 1. The first-order valence-electron chi connectivity index (χ1n) is 9.53. The molecule has 1 aliphatic rings. The molecule has 0 spiro atoms. The van der Waals surface area contributed by atoms with E-state index < -0.39 is 28.5 Å². The van der Waals surface area contributed by atoms with Gasteiger partial charge < -0.3 is 9.64 Å². The van der Waals surface area contributed by atoms with E-state index in [-0.39, 0.29) is 23.1 Å². The second-order valence-electron chi connectivity index (χ2n) is 6.95. The van der Waals surface area contributed by atoms with Gasteiger partial charge in [-0.1, -0.05) is 24.3 Å². The SMILES string of the molecule is O=C(/C=C/c1ccccc1OC(F)F)N1CCCC(NS(=O)(=O)c2cccc(F)c2)C1. The highest BCUT2D eigenvalue weighted by Crippen LogP contribution is 2.22. The molecule has 6 nitrogen and oxygen atoms in total. The molecule has 0 aromatic heterocycles. The Balaban J connectivity index is 1.65. The van der Waals surface area contributed by atoms with Gasteiger partial charge in [0, 0.05) is 30.8 Å². The van der Waals surface area contributed by atoms with E-state index in [1.165, 1.54) is 47.4 Å². The van der Waals surface area contributed by atoms with Gasteiger partial charge >= 0.3 is 6.61 Å². The van der Waals surface area contributed by atoms with Crippen LogP contribution in [0.4, 0.5) is 13.2 Å². The molecular weight excluding hydrogens is 433 g/mol. The van der Waals surface area contributed by atoms with Gasteiger partial charge in [0.05, 0.1) is 4.90 Å². The Labute approximate surface area is 178 Å². The summed E-state index contributed by atoms with van der Waals surface area (Å²) in [6, 6.07) is 10.2. The molecule has 0 saturated carbocycles. The summed E-state index contributed by atoms with van der Waals surface area (Å²) < 4.78 is 70.3. The number of amides is 1. The summed E-state index contributed by atoms with van der Waals surface area (Å²) in [6.45, 7) is -2.43. The quantitative estimate of drug-likeness (QED) is 0.651. The van der Waals surface area contributed by atoms with E-state index in [2.05, 4.69) is 9.46 Å². The van der Waals surface area contributed by atoms with Gasteiger partial charge in [-0.2, -0.15) is 8.78 Å². The van der Waals surface area contributed by atoms with Crippen LogP contribution in [0.2, 0.25) is 0 Å². The number of piperidine rings is 1. The summed E-state index contributed by atoms with van der Waals surface area (Å²) in [6.07, 6.45) is 3.70. The third kappa shape index (κ3) is 6.31. The van der Waals surface area contributed by atoms with E-state index in [1.807, 2.05) is 0 Å². The molecule has 0 bridgehead atoms. The van der Waals surface area contributed by atoms with Crippen molar-refractivity contribution in [3.63, 3.8) is 0 Å². The summed E-state index contributed by atoms with van der Waals surface area (Å²) in [7, 11) is -3.94. The number of benzene rings is 2. The number of halogens is 3. The highest BCUT2D eigenvalue weighted by Gasteiger charge is 2.27. The maximum absolute atomic E-state index is 13.4. The van der Waals surface area contributed by atoms with Crippen molar-refractivity contribution in [2.75, 3.05) is 13.1 Å². The molecule has 1 aliphatic heterocycles. The van der Waals surface area contributed by atoms with Crippen LogP contribution < -0.4 is 9.46 Å². The smallest absolute Gasteiger partial charge is 0.387 e. The average molecular weight is 454 g/mol. The molecule has 1 saturated heterocycles. The van der Waals surface area contributed by atoms with Gasteiger partial charge in [-0.3, -0.25) is 4.79 Å². The van der Waals surface area contributed by atoms with Crippen molar-refractivity contribution in [3.05, 3.63) is 66.0 Å². The van der Waals surface area contributed by atoms with Crippen LogP contribution in [0.1, 0.15) is 18.4 Å². The number of hydrogen-bond acceptors (Lipinski definition) is 4. The van der Waals surface area contributed by atoms with Crippen molar-refractivity contribution in [1.29, 1.82) is 0 Å². The van der Waals surface area contributed by atoms with Crippen LogP contribution in [-0.2, 0) is 14.8 Å². The van der Waals surface area contributed by atoms with E-state index in [4.69, 9.17) is 0 Å². The Morgan fingerprint density at radius 2 is 1.97 bits per heavy atom. The predicted molar refractivity (Wildman–Crippen MR) is 108 cm³/mol. The van der Waals surface area contributed by atoms with Crippen LogP contribution in [0.15, 0.2) is 59.5 Å². The summed E-state index contributed by atoms with van der Waals surface area (Å²) in [5.74, 6) is -1.10. The van der Waals surface area contributed by atoms with Gasteiger partial charge in [0.2, 0.25) is 15.9 Å². The zero-order valence-electron chi connectivity index (χ0n) is 16.4. The first-order valence-corrected chi connectivity index (χ1v) is 11.0. The molecule has 31 heavy (non-hydrogen) atoms. The third-order valence-corrected chi connectivity index (χ3v) is 6.22. The highest BCUT2D eigenvalue weighted by atomic mass is 32.2. The number of alkyl halides is 2. The van der Waals surface area contributed by atoms with Crippen LogP contribution in [0, 0.1) is 5.82 Å². The topological polar surface area (TPSA) is 75.7 Å². The van der Waals surface area contributed by atoms with E-state index in [0.29, 0.717) is 24.9 Å². The lowest BCUT2D eigenvalue weighted by atomic mass is 10.1. The standard InChI is InChI=1S/C21H21F3N2O4S/c22-16-6-3-8-18(13-16)31(28,29)25-17-7-4-12-26(14-17)20(27)11-10-15-5-1-2-9-19(15)30-21(23)24/h1-3,5-6,8-11,13,17,21,25H,4,7,12,14H2/b11-10+. The number of para-hydroxylation sites is 1. The molecule has 1 N–H and O–H groups in total. The molecule has 166 valence electrons. The van der Waals surface area contributed by atoms with E-state index in [0.717, 1.165) is 12.1 Å².